The van der Waals surface area contributed by atoms with Crippen LogP contribution in [0.25, 0.3) is 0 Å². The molecule has 0 aromatic heterocycles. The van der Waals surface area contributed by atoms with Crippen LogP contribution in [0, 0.1) is 0 Å². The molecule has 0 saturated carbocycles. The summed E-state index contributed by atoms with van der Waals surface area (Å²) >= 11 is 0. The standard InChI is InChI=1S/C18H24/c1-3-5-7-9-11-13-15-17-18-16-14-12-10-8-6-4-2/h5-18H,3-4H2,1-2H3/b7-5+,8-6+,11-9+,12-10+,15-13+,16-14+,18-17-. The highest BCUT2D eigenvalue weighted by atomic mass is 13.7. The first-order chi connectivity index (χ1) is 8.91. The van der Waals surface area contributed by atoms with Crippen LogP contribution >= 0.6 is 0 Å². The molecule has 0 aromatic rings. The molecule has 0 saturated heterocycles. The summed E-state index contributed by atoms with van der Waals surface area (Å²) in [7, 11) is 0. The minimum Gasteiger partial charge on any atom is -0.0848 e. The van der Waals surface area contributed by atoms with E-state index in [4.69, 9.17) is 0 Å². The summed E-state index contributed by atoms with van der Waals surface area (Å²) in [5, 5.41) is 0. The van der Waals surface area contributed by atoms with Crippen molar-refractivity contribution in [2.24, 2.45) is 0 Å². The Labute approximate surface area is 112 Å². The van der Waals surface area contributed by atoms with Gasteiger partial charge in [-0.15, -0.1) is 0 Å². The van der Waals surface area contributed by atoms with Gasteiger partial charge in [0, 0.05) is 0 Å². The predicted molar refractivity (Wildman–Crippen MR) is 84.6 cm³/mol. The van der Waals surface area contributed by atoms with E-state index < -0.39 is 0 Å². The predicted octanol–water partition coefficient (Wildman–Crippen LogP) is 5.70. The van der Waals surface area contributed by atoms with E-state index in [0.717, 1.165) is 12.8 Å². The average Bonchev–Trinajstić information content (AvgIpc) is 2.39. The van der Waals surface area contributed by atoms with Gasteiger partial charge < -0.3 is 0 Å². The van der Waals surface area contributed by atoms with Crippen LogP contribution in [-0.4, -0.2) is 0 Å². The van der Waals surface area contributed by atoms with Crippen LogP contribution in [0.4, 0.5) is 0 Å². The Balaban J connectivity index is 3.76. The molecule has 0 aliphatic rings. The molecular weight excluding hydrogens is 216 g/mol. The third-order valence-electron chi connectivity index (χ3n) is 1.97. The lowest BCUT2D eigenvalue weighted by Gasteiger charge is -1.76. The molecule has 0 heterocycles. The van der Waals surface area contributed by atoms with Crippen LogP contribution in [0.1, 0.15) is 26.7 Å². The Morgan fingerprint density at radius 3 is 0.833 bits per heavy atom. The highest BCUT2D eigenvalue weighted by molar-refractivity contribution is 5.20. The van der Waals surface area contributed by atoms with E-state index >= 15 is 0 Å². The van der Waals surface area contributed by atoms with E-state index in [2.05, 4.69) is 38.2 Å². The van der Waals surface area contributed by atoms with E-state index in [0.29, 0.717) is 0 Å². The number of allylic oxidation sites excluding steroid dienone is 14. The van der Waals surface area contributed by atoms with E-state index in [9.17, 15) is 0 Å². The molecule has 0 aliphatic heterocycles. The van der Waals surface area contributed by atoms with Crippen molar-refractivity contribution in [3.8, 4) is 0 Å². The molecule has 0 amide bonds. The second-order valence-corrected chi connectivity index (χ2v) is 3.60. The zero-order valence-corrected chi connectivity index (χ0v) is 11.5. The lowest BCUT2D eigenvalue weighted by atomic mass is 10.3. The van der Waals surface area contributed by atoms with Gasteiger partial charge in [0.15, 0.2) is 0 Å². The van der Waals surface area contributed by atoms with Gasteiger partial charge in [-0.25, -0.2) is 0 Å². The maximum Gasteiger partial charge on any atom is -0.0376 e. The molecule has 18 heavy (non-hydrogen) atoms. The van der Waals surface area contributed by atoms with Crippen LogP contribution in [-0.2, 0) is 0 Å². The molecular formula is C18H24. The van der Waals surface area contributed by atoms with Crippen LogP contribution < -0.4 is 0 Å². The molecule has 0 bridgehead atoms. The van der Waals surface area contributed by atoms with Crippen molar-refractivity contribution in [2.75, 3.05) is 0 Å². The van der Waals surface area contributed by atoms with E-state index in [1.807, 2.05) is 60.8 Å². The van der Waals surface area contributed by atoms with Crippen molar-refractivity contribution in [2.45, 2.75) is 26.7 Å². The fraction of sp³-hybridized carbons (Fsp3) is 0.222. The Morgan fingerprint density at radius 2 is 0.611 bits per heavy atom. The first-order valence-electron chi connectivity index (χ1n) is 6.56. The Bertz CT molecular complexity index is 321. The maximum atomic E-state index is 2.13. The fourth-order valence-corrected chi connectivity index (χ4v) is 1.07. The Kier molecular flexibility index (Phi) is 13.6. The second kappa shape index (κ2) is 15.2. The van der Waals surface area contributed by atoms with Gasteiger partial charge in [-0.1, -0.05) is 98.9 Å². The van der Waals surface area contributed by atoms with Crippen LogP contribution in [0.2, 0.25) is 0 Å². The highest BCUT2D eigenvalue weighted by Gasteiger charge is 1.65. The fourth-order valence-electron chi connectivity index (χ4n) is 1.07. The molecule has 96 valence electrons. The van der Waals surface area contributed by atoms with Crippen molar-refractivity contribution in [3.63, 3.8) is 0 Å². The first kappa shape index (κ1) is 16.2. The van der Waals surface area contributed by atoms with Crippen LogP contribution in [0.15, 0.2) is 85.1 Å². The van der Waals surface area contributed by atoms with Gasteiger partial charge in [0.2, 0.25) is 0 Å². The molecule has 0 aromatic carbocycles. The van der Waals surface area contributed by atoms with Crippen molar-refractivity contribution in [1.29, 1.82) is 0 Å². The van der Waals surface area contributed by atoms with Gasteiger partial charge in [0.1, 0.15) is 0 Å². The van der Waals surface area contributed by atoms with Gasteiger partial charge in [-0.05, 0) is 12.8 Å². The molecule has 0 unspecified atom stereocenters. The van der Waals surface area contributed by atoms with E-state index in [1.165, 1.54) is 0 Å². The third-order valence-corrected chi connectivity index (χ3v) is 1.97. The molecule has 0 atom stereocenters. The smallest absolute Gasteiger partial charge is 0.0376 e. The van der Waals surface area contributed by atoms with E-state index in [-0.39, 0.29) is 0 Å². The summed E-state index contributed by atoms with van der Waals surface area (Å²) in [6.45, 7) is 4.25. The Hall–Kier alpha value is -1.82. The average molecular weight is 240 g/mol. The lowest BCUT2D eigenvalue weighted by molar-refractivity contribution is 1.22. The lowest BCUT2D eigenvalue weighted by Crippen LogP contribution is -1.54. The van der Waals surface area contributed by atoms with Gasteiger partial charge in [-0.3, -0.25) is 0 Å². The number of rotatable bonds is 8. The molecule has 0 fully saturated rings. The quantitative estimate of drug-likeness (QED) is 0.477. The normalized spacial score (nSPS) is 14.1. The molecule has 0 rings (SSSR count). The topological polar surface area (TPSA) is 0 Å². The number of hydrogen-bond acceptors (Lipinski definition) is 0. The highest BCUT2D eigenvalue weighted by Crippen LogP contribution is 1.86. The molecule has 0 aliphatic carbocycles. The monoisotopic (exact) mass is 240 g/mol. The maximum absolute atomic E-state index is 2.13. The first-order valence-corrected chi connectivity index (χ1v) is 6.56. The molecule has 0 N–H and O–H groups in total. The SMILES string of the molecule is CC/C=C/C=C/C=C/C=C\C=C\C=C\C=C\CC. The second-order valence-electron chi connectivity index (χ2n) is 3.60. The van der Waals surface area contributed by atoms with Gasteiger partial charge in [0.25, 0.3) is 0 Å². The van der Waals surface area contributed by atoms with Gasteiger partial charge in [-0.2, -0.15) is 0 Å². The third kappa shape index (κ3) is 14.2. The summed E-state index contributed by atoms with van der Waals surface area (Å²) in [5.74, 6) is 0. The summed E-state index contributed by atoms with van der Waals surface area (Å²) in [5.41, 5.74) is 0. The Morgan fingerprint density at radius 1 is 0.389 bits per heavy atom. The van der Waals surface area contributed by atoms with Crippen molar-refractivity contribution in [1.82, 2.24) is 0 Å². The van der Waals surface area contributed by atoms with Crippen molar-refractivity contribution in [3.05, 3.63) is 85.1 Å². The zero-order chi connectivity index (χ0) is 13.3. The van der Waals surface area contributed by atoms with Gasteiger partial charge in [0.05, 0.1) is 0 Å². The molecule has 0 radical (unpaired) electrons. The summed E-state index contributed by atoms with van der Waals surface area (Å²) < 4.78 is 0. The molecule has 0 nitrogen and oxygen atoms in total. The minimum absolute atomic E-state index is 1.08. The van der Waals surface area contributed by atoms with Crippen molar-refractivity contribution >= 4 is 0 Å². The van der Waals surface area contributed by atoms with Crippen molar-refractivity contribution < 1.29 is 0 Å². The molecule has 0 spiro atoms. The zero-order valence-electron chi connectivity index (χ0n) is 11.5. The van der Waals surface area contributed by atoms with E-state index in [1.54, 1.807) is 0 Å². The largest absolute Gasteiger partial charge is 0.0848 e. The summed E-state index contributed by atoms with van der Waals surface area (Å²) in [4.78, 5) is 0. The number of hydrogen-bond donors (Lipinski definition) is 0. The summed E-state index contributed by atoms with van der Waals surface area (Å²) in [6.07, 6.45) is 30.7. The summed E-state index contributed by atoms with van der Waals surface area (Å²) in [6, 6.07) is 0. The van der Waals surface area contributed by atoms with Crippen LogP contribution in [0.3, 0.4) is 0 Å². The van der Waals surface area contributed by atoms with Crippen LogP contribution in [0.5, 0.6) is 0 Å². The van der Waals surface area contributed by atoms with Gasteiger partial charge >= 0.3 is 0 Å². The minimum atomic E-state index is 1.08. The molecule has 0 heteroatoms.